The molecule has 0 unspecified atom stereocenters. The van der Waals surface area contributed by atoms with Crippen LogP contribution in [-0.4, -0.2) is 20.6 Å². The number of thioether (sulfide) groups is 1. The van der Waals surface area contributed by atoms with E-state index in [1.165, 1.54) is 27.8 Å². The largest absolute Gasteiger partial charge is 0.293 e. The first-order chi connectivity index (χ1) is 13.0. The van der Waals surface area contributed by atoms with Gasteiger partial charge >= 0.3 is 0 Å². The summed E-state index contributed by atoms with van der Waals surface area (Å²) >= 11 is 3.00. The molecule has 1 atom stereocenters. The minimum Gasteiger partial charge on any atom is -0.293 e. The molecule has 0 N–H and O–H groups in total. The van der Waals surface area contributed by atoms with Crippen molar-refractivity contribution in [3.63, 3.8) is 0 Å². The van der Waals surface area contributed by atoms with E-state index in [1.54, 1.807) is 23.0 Å². The Morgan fingerprint density at radius 1 is 1.30 bits per heavy atom. The Labute approximate surface area is 166 Å². The van der Waals surface area contributed by atoms with E-state index in [1.807, 2.05) is 31.2 Å². The van der Waals surface area contributed by atoms with Gasteiger partial charge in [0.15, 0.2) is 10.9 Å². The van der Waals surface area contributed by atoms with Gasteiger partial charge in [-0.15, -0.1) is 11.3 Å². The molecule has 0 saturated heterocycles. The predicted molar refractivity (Wildman–Crippen MR) is 112 cm³/mol. The lowest BCUT2D eigenvalue weighted by Gasteiger charge is -2.13. The number of hydrogen-bond acceptors (Lipinski definition) is 5. The molecule has 27 heavy (non-hydrogen) atoms. The molecule has 1 aromatic carbocycles. The number of benzene rings is 1. The fourth-order valence-electron chi connectivity index (χ4n) is 3.56. The summed E-state index contributed by atoms with van der Waals surface area (Å²) in [4.78, 5) is 32.5. The number of aromatic nitrogens is 2. The first-order valence-electron chi connectivity index (χ1n) is 9.30. The molecule has 0 bridgehead atoms. The van der Waals surface area contributed by atoms with Gasteiger partial charge in [-0.25, -0.2) is 4.98 Å². The Morgan fingerprint density at radius 3 is 2.74 bits per heavy atom. The SMILES string of the molecule is CCc1ccc(C(=O)[C@H](C)Sc2nc3sc4c(c3c(=O)n2C)CCC4)cc1. The van der Waals surface area contributed by atoms with Gasteiger partial charge in [0.05, 0.1) is 10.6 Å². The average molecular weight is 399 g/mol. The van der Waals surface area contributed by atoms with Crippen molar-refractivity contribution in [2.45, 2.75) is 49.9 Å². The van der Waals surface area contributed by atoms with Crippen LogP contribution in [0.15, 0.2) is 34.2 Å². The van der Waals surface area contributed by atoms with E-state index in [0.29, 0.717) is 10.7 Å². The van der Waals surface area contributed by atoms with Crippen molar-refractivity contribution in [1.29, 1.82) is 0 Å². The maximum atomic E-state index is 12.9. The van der Waals surface area contributed by atoms with Gasteiger partial charge in [0, 0.05) is 17.5 Å². The number of carbonyl (C=O) groups excluding carboxylic acids is 1. The summed E-state index contributed by atoms with van der Waals surface area (Å²) in [6, 6.07) is 7.77. The van der Waals surface area contributed by atoms with Gasteiger partial charge in [-0.05, 0) is 43.7 Å². The maximum absolute atomic E-state index is 12.9. The zero-order chi connectivity index (χ0) is 19.1. The average Bonchev–Trinajstić information content (AvgIpc) is 3.26. The summed E-state index contributed by atoms with van der Waals surface area (Å²) in [5.41, 5.74) is 3.12. The van der Waals surface area contributed by atoms with Gasteiger partial charge in [-0.3, -0.25) is 14.2 Å². The van der Waals surface area contributed by atoms with E-state index in [2.05, 4.69) is 6.92 Å². The normalized spacial score (nSPS) is 14.5. The number of hydrogen-bond donors (Lipinski definition) is 0. The first kappa shape index (κ1) is 18.4. The number of rotatable bonds is 5. The third-order valence-electron chi connectivity index (χ3n) is 5.20. The Balaban J connectivity index is 1.63. The second-order valence-corrected chi connectivity index (χ2v) is 9.36. The minimum atomic E-state index is -0.306. The molecular weight excluding hydrogens is 376 g/mol. The lowest BCUT2D eigenvalue weighted by molar-refractivity contribution is 0.0994. The molecule has 3 aromatic rings. The van der Waals surface area contributed by atoms with Crippen molar-refractivity contribution in [1.82, 2.24) is 9.55 Å². The van der Waals surface area contributed by atoms with Crippen molar-refractivity contribution < 1.29 is 4.79 Å². The topological polar surface area (TPSA) is 52.0 Å². The van der Waals surface area contributed by atoms with Crippen LogP contribution in [0, 0.1) is 0 Å². The molecule has 0 saturated carbocycles. The number of fused-ring (bicyclic) bond motifs is 3. The molecule has 1 aliphatic carbocycles. The fourth-order valence-corrected chi connectivity index (χ4v) is 5.82. The molecule has 0 radical (unpaired) electrons. The van der Waals surface area contributed by atoms with Gasteiger partial charge in [0.2, 0.25) is 0 Å². The van der Waals surface area contributed by atoms with Crippen LogP contribution in [-0.2, 0) is 26.3 Å². The monoisotopic (exact) mass is 398 g/mol. The lowest BCUT2D eigenvalue weighted by Crippen LogP contribution is -2.22. The van der Waals surface area contributed by atoms with Crippen LogP contribution in [0.4, 0.5) is 0 Å². The molecule has 6 heteroatoms. The number of ketones is 1. The molecular formula is C21H22N2O2S2. The summed E-state index contributed by atoms with van der Waals surface area (Å²) in [6.07, 6.45) is 4.10. The Hall–Kier alpha value is -1.92. The third kappa shape index (κ3) is 3.25. The van der Waals surface area contributed by atoms with Crippen molar-refractivity contribution >= 4 is 39.1 Å². The minimum absolute atomic E-state index is 0.00819. The molecule has 1 aliphatic rings. The summed E-state index contributed by atoms with van der Waals surface area (Å²) in [5, 5.41) is 1.09. The highest BCUT2D eigenvalue weighted by Crippen LogP contribution is 2.36. The van der Waals surface area contributed by atoms with E-state index >= 15 is 0 Å². The Kier molecular flexibility index (Phi) is 4.95. The highest BCUT2D eigenvalue weighted by atomic mass is 32.2. The molecule has 2 aromatic heterocycles. The number of nitrogens with zero attached hydrogens (tertiary/aromatic N) is 2. The molecule has 0 aliphatic heterocycles. The van der Waals surface area contributed by atoms with Crippen molar-refractivity contribution in [2.24, 2.45) is 7.05 Å². The second-order valence-electron chi connectivity index (χ2n) is 6.97. The van der Waals surface area contributed by atoms with Crippen LogP contribution in [0.2, 0.25) is 0 Å². The third-order valence-corrected chi connectivity index (χ3v) is 7.53. The van der Waals surface area contributed by atoms with Crippen LogP contribution in [0.3, 0.4) is 0 Å². The molecule has 2 heterocycles. The highest BCUT2D eigenvalue weighted by molar-refractivity contribution is 8.00. The summed E-state index contributed by atoms with van der Waals surface area (Å²) in [7, 11) is 1.75. The maximum Gasteiger partial charge on any atom is 0.262 e. The lowest BCUT2D eigenvalue weighted by atomic mass is 10.1. The van der Waals surface area contributed by atoms with Crippen LogP contribution >= 0.6 is 23.1 Å². The zero-order valence-electron chi connectivity index (χ0n) is 15.7. The van der Waals surface area contributed by atoms with E-state index in [0.717, 1.165) is 35.9 Å². The molecule has 0 amide bonds. The highest BCUT2D eigenvalue weighted by Gasteiger charge is 2.24. The summed E-state index contributed by atoms with van der Waals surface area (Å²) < 4.78 is 1.60. The van der Waals surface area contributed by atoms with Crippen molar-refractivity contribution in [3.8, 4) is 0 Å². The van der Waals surface area contributed by atoms with Crippen LogP contribution < -0.4 is 5.56 Å². The number of Topliss-reactive ketones (excluding diaryl/α,β-unsaturated/α-hetero) is 1. The summed E-state index contributed by atoms with van der Waals surface area (Å²) in [6.45, 7) is 3.98. The fraction of sp³-hybridized carbons (Fsp3) is 0.381. The molecule has 4 nitrogen and oxygen atoms in total. The molecule has 4 rings (SSSR count). The Morgan fingerprint density at radius 2 is 2.04 bits per heavy atom. The van der Waals surface area contributed by atoms with Crippen LogP contribution in [0.1, 0.15) is 46.6 Å². The quantitative estimate of drug-likeness (QED) is 0.363. The van der Waals surface area contributed by atoms with Crippen LogP contribution in [0.5, 0.6) is 0 Å². The number of carbonyl (C=O) groups is 1. The van der Waals surface area contributed by atoms with E-state index in [-0.39, 0.29) is 16.6 Å². The van der Waals surface area contributed by atoms with Gasteiger partial charge < -0.3 is 0 Å². The number of aryl methyl sites for hydroxylation is 3. The molecule has 0 fully saturated rings. The summed E-state index contributed by atoms with van der Waals surface area (Å²) in [5.74, 6) is 0.0608. The standard InChI is InChI=1S/C21H22N2O2S2/c1-4-13-8-10-14(11-9-13)18(24)12(2)26-21-22-19-17(20(25)23(21)3)15-6-5-7-16(15)27-19/h8-12H,4-7H2,1-3H3/t12-/m0/s1. The van der Waals surface area contributed by atoms with E-state index in [4.69, 9.17) is 4.98 Å². The van der Waals surface area contributed by atoms with Gasteiger partial charge in [0.1, 0.15) is 4.83 Å². The Bertz CT molecular complexity index is 1080. The molecule has 0 spiro atoms. The number of thiophene rings is 1. The van der Waals surface area contributed by atoms with Crippen molar-refractivity contribution in [2.75, 3.05) is 0 Å². The zero-order valence-corrected chi connectivity index (χ0v) is 17.4. The van der Waals surface area contributed by atoms with Gasteiger partial charge in [0.25, 0.3) is 5.56 Å². The van der Waals surface area contributed by atoms with E-state index < -0.39 is 0 Å². The predicted octanol–water partition coefficient (Wildman–Crippen LogP) is 4.41. The van der Waals surface area contributed by atoms with Gasteiger partial charge in [-0.2, -0.15) is 0 Å². The van der Waals surface area contributed by atoms with E-state index in [9.17, 15) is 9.59 Å². The first-order valence-corrected chi connectivity index (χ1v) is 11.0. The second kappa shape index (κ2) is 7.24. The van der Waals surface area contributed by atoms with Crippen LogP contribution in [0.25, 0.3) is 10.2 Å². The van der Waals surface area contributed by atoms with Crippen molar-refractivity contribution in [3.05, 3.63) is 56.2 Å². The van der Waals surface area contributed by atoms with Gasteiger partial charge in [-0.1, -0.05) is 43.0 Å². The molecule has 140 valence electrons. The smallest absolute Gasteiger partial charge is 0.262 e.